The molecule has 0 radical (unpaired) electrons. The van der Waals surface area contributed by atoms with Crippen LogP contribution in [0.25, 0.3) is 4.85 Å². The summed E-state index contributed by atoms with van der Waals surface area (Å²) in [5, 5.41) is 9.08. The molecule has 0 atom stereocenters. The molecule has 12 heavy (non-hydrogen) atoms. The predicted octanol–water partition coefficient (Wildman–Crippen LogP) is 3.42. The number of hydrogen-bond donors (Lipinski definition) is 0. The maximum Gasteiger partial charge on any atom is 0.208 e. The number of rotatable bonds is 0. The van der Waals surface area contributed by atoms with E-state index in [9.17, 15) is 0 Å². The molecule has 1 rings (SSSR count). The van der Waals surface area contributed by atoms with Gasteiger partial charge in [-0.05, 0) is 12.1 Å². The fraction of sp³-hybridized carbons (Fsp3) is 0. The first-order valence-electron chi connectivity index (χ1n) is 2.95. The molecule has 0 aliphatic heterocycles. The number of hydrogen-bond acceptors (Lipinski definition) is 1. The number of nitriles is 1. The lowest BCUT2D eigenvalue weighted by molar-refractivity contribution is 1.49. The number of benzene rings is 1. The molecule has 0 aliphatic carbocycles. The first kappa shape index (κ1) is 8.87. The Bertz CT molecular complexity index is 363. The molecule has 0 unspecified atom stereocenters. The van der Waals surface area contributed by atoms with Gasteiger partial charge in [0, 0.05) is 5.02 Å². The molecule has 0 saturated heterocycles. The van der Waals surface area contributed by atoms with Crippen molar-refractivity contribution >= 4 is 28.9 Å². The van der Waals surface area contributed by atoms with Gasteiger partial charge in [0.1, 0.15) is 0 Å². The first-order valence-corrected chi connectivity index (χ1v) is 3.71. The Morgan fingerprint density at radius 3 is 2.58 bits per heavy atom. The monoisotopic (exact) mass is 196 g/mol. The zero-order valence-corrected chi connectivity index (χ0v) is 7.32. The molecule has 2 nitrogen and oxygen atoms in total. The summed E-state index contributed by atoms with van der Waals surface area (Å²) in [6.45, 7) is 6.73. The Hall–Kier alpha value is -1.22. The van der Waals surface area contributed by atoms with Crippen LogP contribution in [0.4, 0.5) is 5.69 Å². The second-order valence-electron chi connectivity index (χ2n) is 2.01. The van der Waals surface area contributed by atoms with E-state index in [0.717, 1.165) is 0 Å². The van der Waals surface area contributed by atoms with Gasteiger partial charge in [-0.2, -0.15) is 5.26 Å². The van der Waals surface area contributed by atoms with E-state index in [1.807, 2.05) is 6.07 Å². The minimum atomic E-state index is 0.164. The van der Waals surface area contributed by atoms with E-state index in [1.165, 1.54) is 12.1 Å². The SMILES string of the molecule is [C-]#[N+]c1cc(Cl)cc(C#N)c1Cl. The molecule has 0 saturated carbocycles. The summed E-state index contributed by atoms with van der Waals surface area (Å²) in [5.41, 5.74) is 0.441. The summed E-state index contributed by atoms with van der Waals surface area (Å²) in [6, 6.07) is 4.71. The minimum Gasteiger partial charge on any atom is -0.236 e. The molecule has 0 N–H and O–H groups in total. The normalized spacial score (nSPS) is 8.67. The average molecular weight is 197 g/mol. The van der Waals surface area contributed by atoms with Crippen LogP contribution in [0.5, 0.6) is 0 Å². The van der Waals surface area contributed by atoms with Crippen LogP contribution in [-0.2, 0) is 0 Å². The zero-order chi connectivity index (χ0) is 9.14. The van der Waals surface area contributed by atoms with E-state index >= 15 is 0 Å². The molecule has 1 aromatic rings. The van der Waals surface area contributed by atoms with E-state index < -0.39 is 0 Å². The van der Waals surface area contributed by atoms with Crippen molar-refractivity contribution in [3.05, 3.63) is 39.2 Å². The Morgan fingerprint density at radius 2 is 2.08 bits per heavy atom. The lowest BCUT2D eigenvalue weighted by Gasteiger charge is -1.97. The van der Waals surface area contributed by atoms with Gasteiger partial charge in [-0.1, -0.05) is 23.2 Å². The smallest absolute Gasteiger partial charge is 0.208 e. The molecule has 0 amide bonds. The summed E-state index contributed by atoms with van der Waals surface area (Å²) in [5.74, 6) is 0. The Labute approximate surface area is 79.8 Å². The predicted molar refractivity (Wildman–Crippen MR) is 47.4 cm³/mol. The van der Waals surface area contributed by atoms with Gasteiger partial charge in [0.05, 0.1) is 23.2 Å². The highest BCUT2D eigenvalue weighted by molar-refractivity contribution is 6.36. The van der Waals surface area contributed by atoms with E-state index in [-0.39, 0.29) is 16.3 Å². The van der Waals surface area contributed by atoms with Crippen LogP contribution in [0.3, 0.4) is 0 Å². The van der Waals surface area contributed by atoms with Crippen LogP contribution in [-0.4, -0.2) is 0 Å². The van der Waals surface area contributed by atoms with Gasteiger partial charge in [0.15, 0.2) is 0 Å². The van der Waals surface area contributed by atoms with Crippen LogP contribution in [0, 0.1) is 17.9 Å². The fourth-order valence-corrected chi connectivity index (χ4v) is 1.14. The highest BCUT2D eigenvalue weighted by Crippen LogP contribution is 2.31. The molecular weight excluding hydrogens is 195 g/mol. The Kier molecular flexibility index (Phi) is 2.55. The van der Waals surface area contributed by atoms with Gasteiger partial charge in [-0.3, -0.25) is 0 Å². The molecule has 0 aliphatic rings. The van der Waals surface area contributed by atoms with Crippen LogP contribution in [0.15, 0.2) is 12.1 Å². The van der Waals surface area contributed by atoms with Crippen LogP contribution in [0.1, 0.15) is 5.56 Å². The summed E-state index contributed by atoms with van der Waals surface area (Å²) in [7, 11) is 0. The molecule has 4 heteroatoms. The van der Waals surface area contributed by atoms with E-state index in [1.54, 1.807) is 0 Å². The third-order valence-corrected chi connectivity index (χ3v) is 1.87. The maximum atomic E-state index is 8.57. The second-order valence-corrected chi connectivity index (χ2v) is 2.82. The molecular formula is C8H2Cl2N2. The van der Waals surface area contributed by atoms with Crippen LogP contribution in [0.2, 0.25) is 10.0 Å². The lowest BCUT2D eigenvalue weighted by atomic mass is 10.2. The highest BCUT2D eigenvalue weighted by atomic mass is 35.5. The number of halogens is 2. The largest absolute Gasteiger partial charge is 0.236 e. The summed E-state index contributed by atoms with van der Waals surface area (Å²) >= 11 is 11.3. The van der Waals surface area contributed by atoms with Crippen LogP contribution < -0.4 is 0 Å². The van der Waals surface area contributed by atoms with Gasteiger partial charge >= 0.3 is 0 Å². The van der Waals surface area contributed by atoms with Crippen molar-refractivity contribution in [3.8, 4) is 6.07 Å². The topological polar surface area (TPSA) is 28.1 Å². The molecule has 1 aromatic carbocycles. The quantitative estimate of drug-likeness (QED) is 0.585. The molecule has 0 heterocycles. The van der Waals surface area contributed by atoms with E-state index in [2.05, 4.69) is 4.85 Å². The summed E-state index contributed by atoms with van der Waals surface area (Å²) < 4.78 is 0. The standard InChI is InChI=1S/C8H2Cl2N2/c1-12-7-3-6(9)2-5(4-11)8(7)10/h2-3H. The zero-order valence-electron chi connectivity index (χ0n) is 5.81. The van der Waals surface area contributed by atoms with Gasteiger partial charge in [-0.15, -0.1) is 0 Å². The van der Waals surface area contributed by atoms with Gasteiger partial charge in [0.25, 0.3) is 0 Å². The van der Waals surface area contributed by atoms with Crippen molar-refractivity contribution in [2.45, 2.75) is 0 Å². The van der Waals surface area contributed by atoms with Crippen molar-refractivity contribution in [3.63, 3.8) is 0 Å². The lowest BCUT2D eigenvalue weighted by Crippen LogP contribution is -1.76. The van der Waals surface area contributed by atoms with Gasteiger partial charge in [-0.25, -0.2) is 4.85 Å². The minimum absolute atomic E-state index is 0.164. The molecule has 0 aromatic heterocycles. The average Bonchev–Trinajstić information content (AvgIpc) is 2.08. The van der Waals surface area contributed by atoms with Crippen molar-refractivity contribution in [1.29, 1.82) is 5.26 Å². The van der Waals surface area contributed by atoms with E-state index in [4.69, 9.17) is 35.0 Å². The Morgan fingerprint density at radius 1 is 1.42 bits per heavy atom. The third kappa shape index (κ3) is 1.51. The van der Waals surface area contributed by atoms with Gasteiger partial charge in [0.2, 0.25) is 5.69 Å². The van der Waals surface area contributed by atoms with Crippen molar-refractivity contribution in [2.24, 2.45) is 0 Å². The van der Waals surface area contributed by atoms with Crippen molar-refractivity contribution < 1.29 is 0 Å². The summed E-state index contributed by atoms with van der Waals surface area (Å²) in [6.07, 6.45) is 0. The highest BCUT2D eigenvalue weighted by Gasteiger charge is 2.06. The molecule has 58 valence electrons. The van der Waals surface area contributed by atoms with Crippen molar-refractivity contribution in [1.82, 2.24) is 0 Å². The van der Waals surface area contributed by atoms with E-state index in [0.29, 0.717) is 5.02 Å². The summed E-state index contributed by atoms with van der Waals surface area (Å²) in [4.78, 5) is 3.12. The third-order valence-electron chi connectivity index (χ3n) is 1.26. The molecule has 0 bridgehead atoms. The Balaban J connectivity index is 3.48. The fourth-order valence-electron chi connectivity index (χ4n) is 0.738. The second kappa shape index (κ2) is 3.45. The maximum absolute atomic E-state index is 8.57. The van der Waals surface area contributed by atoms with Crippen LogP contribution >= 0.6 is 23.2 Å². The number of nitrogens with zero attached hydrogens (tertiary/aromatic N) is 2. The molecule has 0 fully saturated rings. The van der Waals surface area contributed by atoms with Crippen molar-refractivity contribution in [2.75, 3.05) is 0 Å². The first-order chi connectivity index (χ1) is 5.69. The molecule has 0 spiro atoms. The van der Waals surface area contributed by atoms with Gasteiger partial charge < -0.3 is 0 Å².